The van der Waals surface area contributed by atoms with Gasteiger partial charge in [-0.05, 0) is 35.4 Å². The Bertz CT molecular complexity index is 551. The summed E-state index contributed by atoms with van der Waals surface area (Å²) in [5.74, 6) is 0. The molecule has 2 aromatic carbocycles. The maximum atomic E-state index is 11.3. The van der Waals surface area contributed by atoms with Crippen molar-refractivity contribution in [3.8, 4) is 0 Å². The molecule has 0 fully saturated rings. The minimum absolute atomic E-state index is 0.812. The molecule has 0 unspecified atom stereocenters. The van der Waals surface area contributed by atoms with Gasteiger partial charge in [-0.15, -0.1) is 0 Å². The highest BCUT2D eigenvalue weighted by molar-refractivity contribution is 9.10. The molecule has 0 aromatic heterocycles. The van der Waals surface area contributed by atoms with Crippen LogP contribution in [0.15, 0.2) is 57.9 Å². The lowest BCUT2D eigenvalue weighted by Crippen LogP contribution is -2.12. The van der Waals surface area contributed by atoms with Crippen molar-refractivity contribution >= 4 is 26.7 Å². The smallest absolute Gasteiger partial charge is 0.0498 e. The van der Waals surface area contributed by atoms with E-state index < -0.39 is 10.8 Å². The van der Waals surface area contributed by atoms with Gasteiger partial charge < -0.3 is 5.32 Å². The summed E-state index contributed by atoms with van der Waals surface area (Å²) >= 11 is 3.42. The summed E-state index contributed by atoms with van der Waals surface area (Å²) in [6.45, 7) is 1.65. The summed E-state index contributed by atoms with van der Waals surface area (Å²) in [6, 6.07) is 16.2. The molecule has 0 aliphatic carbocycles. The van der Waals surface area contributed by atoms with Gasteiger partial charge in [0.25, 0.3) is 0 Å². The molecule has 0 aliphatic heterocycles. The molecular formula is C15H16BrNOS. The molecule has 0 aliphatic rings. The van der Waals surface area contributed by atoms with Gasteiger partial charge in [0.2, 0.25) is 0 Å². The van der Waals surface area contributed by atoms with Gasteiger partial charge in [-0.2, -0.15) is 0 Å². The molecule has 0 radical (unpaired) electrons. The quantitative estimate of drug-likeness (QED) is 0.904. The summed E-state index contributed by atoms with van der Waals surface area (Å²) in [7, 11) is -0.900. The van der Waals surface area contributed by atoms with Crippen molar-refractivity contribution in [2.45, 2.75) is 18.0 Å². The Labute approximate surface area is 124 Å². The molecular weight excluding hydrogens is 322 g/mol. The molecule has 19 heavy (non-hydrogen) atoms. The molecule has 0 spiro atoms. The van der Waals surface area contributed by atoms with E-state index in [0.717, 1.165) is 22.5 Å². The van der Waals surface area contributed by atoms with Gasteiger partial charge in [-0.3, -0.25) is 4.21 Å². The maximum absolute atomic E-state index is 11.3. The molecule has 0 saturated heterocycles. The van der Waals surface area contributed by atoms with Gasteiger partial charge in [0.1, 0.15) is 0 Å². The highest BCUT2D eigenvalue weighted by Gasteiger charge is 1.98. The third kappa shape index (κ3) is 4.56. The second-order valence-electron chi connectivity index (χ2n) is 4.33. The van der Waals surface area contributed by atoms with Crippen LogP contribution in [0.5, 0.6) is 0 Å². The van der Waals surface area contributed by atoms with E-state index in [4.69, 9.17) is 0 Å². The van der Waals surface area contributed by atoms with Crippen molar-refractivity contribution in [3.63, 3.8) is 0 Å². The van der Waals surface area contributed by atoms with Crippen LogP contribution in [0.25, 0.3) is 0 Å². The van der Waals surface area contributed by atoms with Crippen molar-refractivity contribution in [2.24, 2.45) is 0 Å². The lowest BCUT2D eigenvalue weighted by Gasteiger charge is -2.06. The number of benzene rings is 2. The topological polar surface area (TPSA) is 29.1 Å². The lowest BCUT2D eigenvalue weighted by atomic mass is 10.2. The molecule has 0 saturated carbocycles. The van der Waals surface area contributed by atoms with Gasteiger partial charge in [-0.25, -0.2) is 0 Å². The average Bonchev–Trinajstić information content (AvgIpc) is 2.41. The summed E-state index contributed by atoms with van der Waals surface area (Å²) in [4.78, 5) is 0.872. The fraction of sp³-hybridized carbons (Fsp3) is 0.200. The minimum Gasteiger partial charge on any atom is -0.309 e. The molecule has 100 valence electrons. The number of nitrogens with one attached hydrogen (secondary N) is 1. The molecule has 2 aromatic rings. The van der Waals surface area contributed by atoms with Gasteiger partial charge in [0.15, 0.2) is 0 Å². The molecule has 4 heteroatoms. The summed E-state index contributed by atoms with van der Waals surface area (Å²) in [5, 5.41) is 3.39. The zero-order valence-corrected chi connectivity index (χ0v) is 13.1. The number of rotatable bonds is 5. The van der Waals surface area contributed by atoms with Crippen LogP contribution in [0.1, 0.15) is 11.1 Å². The van der Waals surface area contributed by atoms with Crippen LogP contribution in [0.4, 0.5) is 0 Å². The first-order chi connectivity index (χ1) is 9.15. The molecule has 2 nitrogen and oxygen atoms in total. The summed E-state index contributed by atoms with van der Waals surface area (Å²) in [6.07, 6.45) is 1.70. The Morgan fingerprint density at radius 3 is 1.89 bits per heavy atom. The summed E-state index contributed by atoms with van der Waals surface area (Å²) < 4.78 is 12.4. The first kappa shape index (κ1) is 14.4. The van der Waals surface area contributed by atoms with Crippen molar-refractivity contribution < 1.29 is 4.21 Å². The Morgan fingerprint density at radius 1 is 0.947 bits per heavy atom. The highest BCUT2D eigenvalue weighted by Crippen LogP contribution is 2.11. The van der Waals surface area contributed by atoms with Crippen molar-refractivity contribution in [1.29, 1.82) is 0 Å². The zero-order chi connectivity index (χ0) is 13.7. The van der Waals surface area contributed by atoms with E-state index in [0.29, 0.717) is 0 Å². The third-order valence-corrected chi connectivity index (χ3v) is 4.29. The molecule has 2 rings (SSSR count). The van der Waals surface area contributed by atoms with Crippen molar-refractivity contribution in [1.82, 2.24) is 5.32 Å². The minimum atomic E-state index is -0.900. The van der Waals surface area contributed by atoms with Gasteiger partial charge in [-0.1, -0.05) is 40.2 Å². The molecule has 1 N–H and O–H groups in total. The van der Waals surface area contributed by atoms with E-state index in [1.807, 2.05) is 36.4 Å². The predicted octanol–water partition coefficient (Wildman–Crippen LogP) is 3.48. The van der Waals surface area contributed by atoms with Crippen LogP contribution >= 0.6 is 15.9 Å². The van der Waals surface area contributed by atoms with E-state index in [1.54, 1.807) is 6.26 Å². The van der Waals surface area contributed by atoms with E-state index in [9.17, 15) is 4.21 Å². The fourth-order valence-corrected chi connectivity index (χ4v) is 2.54. The second kappa shape index (κ2) is 6.98. The second-order valence-corrected chi connectivity index (χ2v) is 6.62. The normalized spacial score (nSPS) is 12.3. The molecule has 0 amide bonds. The Hall–Kier alpha value is -0.970. The van der Waals surface area contributed by atoms with E-state index >= 15 is 0 Å². The first-order valence-corrected chi connectivity index (χ1v) is 8.38. The standard InChI is InChI=1S/C15H16BrNOS/c1-19(18)15-8-4-13(5-9-15)11-17-10-12-2-6-14(16)7-3-12/h2-9,17H,10-11H2,1H3/t19-/m1/s1. The Kier molecular flexibility index (Phi) is 5.31. The van der Waals surface area contributed by atoms with Gasteiger partial charge >= 0.3 is 0 Å². The van der Waals surface area contributed by atoms with Crippen LogP contribution < -0.4 is 5.32 Å². The third-order valence-electron chi connectivity index (χ3n) is 2.83. The molecule has 0 bridgehead atoms. The van der Waals surface area contributed by atoms with Crippen LogP contribution in [0.3, 0.4) is 0 Å². The molecule has 0 heterocycles. The zero-order valence-electron chi connectivity index (χ0n) is 10.7. The van der Waals surface area contributed by atoms with E-state index in [1.165, 1.54) is 11.1 Å². The monoisotopic (exact) mass is 337 g/mol. The Morgan fingerprint density at radius 2 is 1.42 bits per heavy atom. The maximum Gasteiger partial charge on any atom is 0.0498 e. The van der Waals surface area contributed by atoms with Crippen LogP contribution in [-0.4, -0.2) is 10.5 Å². The van der Waals surface area contributed by atoms with E-state index in [-0.39, 0.29) is 0 Å². The largest absolute Gasteiger partial charge is 0.309 e. The lowest BCUT2D eigenvalue weighted by molar-refractivity contribution is 0.685. The van der Waals surface area contributed by atoms with E-state index in [2.05, 4.69) is 33.4 Å². The molecule has 1 atom stereocenters. The number of hydrogen-bond donors (Lipinski definition) is 1. The number of hydrogen-bond acceptors (Lipinski definition) is 2. The average molecular weight is 338 g/mol. The van der Waals surface area contributed by atoms with Crippen LogP contribution in [-0.2, 0) is 23.9 Å². The van der Waals surface area contributed by atoms with Gasteiger partial charge in [0.05, 0.1) is 0 Å². The Balaban J connectivity index is 1.85. The fourth-order valence-electron chi connectivity index (χ4n) is 1.75. The van der Waals surface area contributed by atoms with Crippen LogP contribution in [0, 0.1) is 0 Å². The first-order valence-electron chi connectivity index (χ1n) is 6.02. The van der Waals surface area contributed by atoms with Crippen LogP contribution in [0.2, 0.25) is 0 Å². The SMILES string of the molecule is C[S@@](=O)c1ccc(CNCc2ccc(Br)cc2)cc1. The van der Waals surface area contributed by atoms with Gasteiger partial charge in [0, 0.05) is 39.5 Å². The van der Waals surface area contributed by atoms with Crippen molar-refractivity contribution in [3.05, 3.63) is 64.1 Å². The predicted molar refractivity (Wildman–Crippen MR) is 83.5 cm³/mol. The highest BCUT2D eigenvalue weighted by atomic mass is 79.9. The number of halogens is 1. The van der Waals surface area contributed by atoms with Crippen molar-refractivity contribution in [2.75, 3.05) is 6.26 Å². The summed E-state index contributed by atoms with van der Waals surface area (Å²) in [5.41, 5.74) is 2.46.